The fourth-order valence-electron chi connectivity index (χ4n) is 2.48. The van der Waals surface area contributed by atoms with Crippen LogP contribution in [0.2, 0.25) is 0 Å². The molecule has 2 rings (SSSR count). The number of rotatable bonds is 8. The molecule has 1 heterocycles. The monoisotopic (exact) mass is 278 g/mol. The maximum absolute atomic E-state index is 5.80. The van der Waals surface area contributed by atoms with Crippen LogP contribution in [-0.4, -0.2) is 42.3 Å². The number of nitrogens with two attached hydrogens (primary N) is 1. The summed E-state index contributed by atoms with van der Waals surface area (Å²) in [5.74, 6) is 1.58. The van der Waals surface area contributed by atoms with Crippen LogP contribution in [0, 0.1) is 5.92 Å². The molecule has 112 valence electrons. The van der Waals surface area contributed by atoms with Crippen LogP contribution in [0.5, 0.6) is 0 Å². The molecule has 5 heteroatoms. The van der Waals surface area contributed by atoms with Gasteiger partial charge >= 0.3 is 0 Å². The minimum absolute atomic E-state index is 0.138. The molecule has 1 aromatic rings. The highest BCUT2D eigenvalue weighted by atomic mass is 16.5. The fraction of sp³-hybridized carbons (Fsp3) is 0.733. The van der Waals surface area contributed by atoms with E-state index in [1.54, 1.807) is 7.11 Å². The number of anilines is 1. The first kappa shape index (κ1) is 15.2. The van der Waals surface area contributed by atoms with E-state index in [2.05, 4.69) is 21.8 Å². The second-order valence-electron chi connectivity index (χ2n) is 5.84. The topological polar surface area (TPSA) is 64.3 Å². The summed E-state index contributed by atoms with van der Waals surface area (Å²) >= 11 is 0. The van der Waals surface area contributed by atoms with E-state index in [0.29, 0.717) is 12.6 Å². The third-order valence-corrected chi connectivity index (χ3v) is 3.84. The van der Waals surface area contributed by atoms with Crippen LogP contribution < -0.4 is 10.6 Å². The summed E-state index contributed by atoms with van der Waals surface area (Å²) in [4.78, 5) is 11.3. The predicted molar refractivity (Wildman–Crippen MR) is 80.8 cm³/mol. The van der Waals surface area contributed by atoms with Crippen molar-refractivity contribution in [3.05, 3.63) is 18.0 Å². The van der Waals surface area contributed by atoms with E-state index in [1.807, 2.05) is 19.3 Å². The van der Waals surface area contributed by atoms with Gasteiger partial charge in [0.1, 0.15) is 0 Å². The average molecular weight is 278 g/mol. The van der Waals surface area contributed by atoms with Gasteiger partial charge in [-0.1, -0.05) is 0 Å². The van der Waals surface area contributed by atoms with Gasteiger partial charge in [0, 0.05) is 38.1 Å². The molecule has 0 radical (unpaired) electrons. The van der Waals surface area contributed by atoms with E-state index in [9.17, 15) is 0 Å². The van der Waals surface area contributed by atoms with Gasteiger partial charge in [-0.05, 0) is 44.6 Å². The molecule has 2 N–H and O–H groups in total. The Bertz CT molecular complexity index is 403. The maximum atomic E-state index is 5.80. The SMILES string of the molecule is COCCN(c1ncc(CC(C)N)cn1)C(C)C1CC1. The van der Waals surface area contributed by atoms with Gasteiger partial charge in [0.2, 0.25) is 5.95 Å². The van der Waals surface area contributed by atoms with Gasteiger partial charge in [-0.3, -0.25) is 0 Å². The van der Waals surface area contributed by atoms with Crippen molar-refractivity contribution in [2.45, 2.75) is 45.2 Å². The van der Waals surface area contributed by atoms with Crippen molar-refractivity contribution in [2.75, 3.05) is 25.2 Å². The molecule has 1 aliphatic rings. The number of aromatic nitrogens is 2. The number of ether oxygens (including phenoxy) is 1. The standard InChI is InChI=1S/C15H26N4O/c1-11(16)8-13-9-17-15(18-10-13)19(6-7-20-3)12(2)14-4-5-14/h9-12,14H,4-8,16H2,1-3H3. The fourth-order valence-corrected chi connectivity index (χ4v) is 2.48. The van der Waals surface area contributed by atoms with Crippen LogP contribution in [0.3, 0.4) is 0 Å². The van der Waals surface area contributed by atoms with Crippen molar-refractivity contribution in [2.24, 2.45) is 11.7 Å². The highest BCUT2D eigenvalue weighted by Gasteiger charge is 2.33. The number of hydrogen-bond acceptors (Lipinski definition) is 5. The van der Waals surface area contributed by atoms with Crippen LogP contribution in [0.4, 0.5) is 5.95 Å². The minimum atomic E-state index is 0.138. The third-order valence-electron chi connectivity index (χ3n) is 3.84. The first-order chi connectivity index (χ1) is 9.61. The van der Waals surface area contributed by atoms with E-state index in [1.165, 1.54) is 12.8 Å². The van der Waals surface area contributed by atoms with Crippen molar-refractivity contribution in [1.29, 1.82) is 0 Å². The van der Waals surface area contributed by atoms with Crippen molar-refractivity contribution in [1.82, 2.24) is 9.97 Å². The van der Waals surface area contributed by atoms with E-state index < -0.39 is 0 Å². The lowest BCUT2D eigenvalue weighted by Gasteiger charge is -2.29. The van der Waals surface area contributed by atoms with Gasteiger partial charge in [-0.25, -0.2) is 9.97 Å². The number of methoxy groups -OCH3 is 1. The van der Waals surface area contributed by atoms with Gasteiger partial charge in [0.25, 0.3) is 0 Å². The molecule has 0 saturated heterocycles. The lowest BCUT2D eigenvalue weighted by Crippen LogP contribution is -2.38. The smallest absolute Gasteiger partial charge is 0.225 e. The molecular formula is C15H26N4O. The third kappa shape index (κ3) is 4.15. The van der Waals surface area contributed by atoms with E-state index in [-0.39, 0.29) is 6.04 Å². The Morgan fingerprint density at radius 1 is 1.35 bits per heavy atom. The van der Waals surface area contributed by atoms with Gasteiger partial charge in [-0.2, -0.15) is 0 Å². The first-order valence-electron chi connectivity index (χ1n) is 7.44. The zero-order valence-corrected chi connectivity index (χ0v) is 12.7. The second kappa shape index (κ2) is 6.99. The van der Waals surface area contributed by atoms with Gasteiger partial charge in [0.15, 0.2) is 0 Å². The van der Waals surface area contributed by atoms with E-state index in [4.69, 9.17) is 10.5 Å². The molecule has 0 aromatic carbocycles. The molecule has 5 nitrogen and oxygen atoms in total. The summed E-state index contributed by atoms with van der Waals surface area (Å²) in [7, 11) is 1.73. The van der Waals surface area contributed by atoms with Crippen molar-refractivity contribution < 1.29 is 4.74 Å². The molecule has 2 atom stereocenters. The Balaban J connectivity index is 2.06. The van der Waals surface area contributed by atoms with Crippen molar-refractivity contribution >= 4 is 5.95 Å². The molecule has 1 aliphatic carbocycles. The normalized spacial score (nSPS) is 17.8. The molecule has 0 amide bonds. The first-order valence-corrected chi connectivity index (χ1v) is 7.44. The van der Waals surface area contributed by atoms with Crippen LogP contribution in [-0.2, 0) is 11.2 Å². The summed E-state index contributed by atoms with van der Waals surface area (Å²) < 4.78 is 5.21. The summed E-state index contributed by atoms with van der Waals surface area (Å²) in [6.07, 6.45) is 7.23. The highest BCUT2D eigenvalue weighted by molar-refractivity contribution is 5.32. The van der Waals surface area contributed by atoms with Crippen LogP contribution in [0.1, 0.15) is 32.3 Å². The minimum Gasteiger partial charge on any atom is -0.383 e. The molecule has 2 unspecified atom stereocenters. The Morgan fingerprint density at radius 2 is 2.00 bits per heavy atom. The molecule has 0 aliphatic heterocycles. The van der Waals surface area contributed by atoms with E-state index >= 15 is 0 Å². The Hall–Kier alpha value is -1.20. The Labute approximate surface area is 121 Å². The predicted octanol–water partition coefficient (Wildman–Crippen LogP) is 1.62. The van der Waals surface area contributed by atoms with Crippen molar-refractivity contribution in [3.8, 4) is 0 Å². The van der Waals surface area contributed by atoms with Gasteiger partial charge in [0.05, 0.1) is 6.61 Å². The molecule has 0 bridgehead atoms. The van der Waals surface area contributed by atoms with Gasteiger partial charge < -0.3 is 15.4 Å². The Kier molecular flexibility index (Phi) is 5.31. The van der Waals surface area contributed by atoms with Crippen molar-refractivity contribution in [3.63, 3.8) is 0 Å². The van der Waals surface area contributed by atoms with Crippen LogP contribution >= 0.6 is 0 Å². The lowest BCUT2D eigenvalue weighted by molar-refractivity contribution is 0.202. The van der Waals surface area contributed by atoms with Crippen LogP contribution in [0.25, 0.3) is 0 Å². The summed E-state index contributed by atoms with van der Waals surface area (Å²) in [6, 6.07) is 0.615. The summed E-state index contributed by atoms with van der Waals surface area (Å²) in [5.41, 5.74) is 6.89. The number of nitrogens with zero attached hydrogens (tertiary/aromatic N) is 3. The second-order valence-corrected chi connectivity index (χ2v) is 5.84. The molecule has 1 aromatic heterocycles. The largest absolute Gasteiger partial charge is 0.383 e. The molecule has 1 saturated carbocycles. The summed E-state index contributed by atoms with van der Waals surface area (Å²) in [6.45, 7) is 5.78. The molecule has 20 heavy (non-hydrogen) atoms. The number of hydrogen-bond donors (Lipinski definition) is 1. The summed E-state index contributed by atoms with van der Waals surface area (Å²) in [5, 5.41) is 0. The average Bonchev–Trinajstić information content (AvgIpc) is 3.24. The zero-order valence-electron chi connectivity index (χ0n) is 12.7. The van der Waals surface area contributed by atoms with Crippen LogP contribution in [0.15, 0.2) is 12.4 Å². The molecule has 0 spiro atoms. The zero-order chi connectivity index (χ0) is 14.5. The Morgan fingerprint density at radius 3 is 2.50 bits per heavy atom. The molecular weight excluding hydrogens is 252 g/mol. The molecule has 1 fully saturated rings. The quantitative estimate of drug-likeness (QED) is 0.783. The lowest BCUT2D eigenvalue weighted by atomic mass is 10.1. The highest BCUT2D eigenvalue weighted by Crippen LogP contribution is 2.36. The maximum Gasteiger partial charge on any atom is 0.225 e. The van der Waals surface area contributed by atoms with E-state index in [0.717, 1.165) is 30.4 Å². The van der Waals surface area contributed by atoms with Gasteiger partial charge in [-0.15, -0.1) is 0 Å².